The van der Waals surface area contributed by atoms with Crippen molar-refractivity contribution in [3.05, 3.63) is 23.5 Å². The number of nitrogens with one attached hydrogen (secondary N) is 1. The number of hydrogen-bond acceptors (Lipinski definition) is 4. The summed E-state index contributed by atoms with van der Waals surface area (Å²) in [6.07, 6.45) is 1.44. The van der Waals surface area contributed by atoms with Crippen molar-refractivity contribution in [1.82, 2.24) is 10.3 Å². The molecule has 86 valence electrons. The molecule has 2 N–H and O–H groups in total. The summed E-state index contributed by atoms with van der Waals surface area (Å²) in [5.74, 6) is -0.916. The lowest BCUT2D eigenvalue weighted by molar-refractivity contribution is 0.0697. The zero-order valence-electron chi connectivity index (χ0n) is 9.23. The lowest BCUT2D eigenvalue weighted by Gasteiger charge is -2.30. The van der Waals surface area contributed by atoms with Gasteiger partial charge in [-0.3, -0.25) is 4.98 Å². The van der Waals surface area contributed by atoms with E-state index in [0.29, 0.717) is 0 Å². The van der Waals surface area contributed by atoms with E-state index in [2.05, 4.69) is 15.2 Å². The number of aromatic carboxylic acids is 1. The average Bonchev–Trinajstić information content (AvgIpc) is 2.29. The SMILES string of the molecule is Cc1cc(N2CCNCC2)c(C(=O)O)cn1. The highest BCUT2D eigenvalue weighted by Gasteiger charge is 2.18. The number of aryl methyl sites for hydroxylation is 1. The minimum absolute atomic E-state index is 0.285. The Hall–Kier alpha value is -1.62. The molecule has 1 fully saturated rings. The van der Waals surface area contributed by atoms with Gasteiger partial charge in [0.15, 0.2) is 0 Å². The van der Waals surface area contributed by atoms with Crippen LogP contribution in [0.2, 0.25) is 0 Å². The second-order valence-corrected chi connectivity index (χ2v) is 3.89. The highest BCUT2D eigenvalue weighted by molar-refractivity contribution is 5.94. The topological polar surface area (TPSA) is 65.5 Å². The number of rotatable bonds is 2. The first-order valence-corrected chi connectivity index (χ1v) is 5.34. The molecule has 2 rings (SSSR count). The van der Waals surface area contributed by atoms with Gasteiger partial charge in [-0.1, -0.05) is 0 Å². The summed E-state index contributed by atoms with van der Waals surface area (Å²) < 4.78 is 0. The Labute approximate surface area is 94.1 Å². The highest BCUT2D eigenvalue weighted by Crippen LogP contribution is 2.21. The molecular weight excluding hydrogens is 206 g/mol. The number of pyridine rings is 1. The van der Waals surface area contributed by atoms with Crippen molar-refractivity contribution in [3.63, 3.8) is 0 Å². The van der Waals surface area contributed by atoms with Gasteiger partial charge in [0, 0.05) is 38.1 Å². The van der Waals surface area contributed by atoms with Crippen molar-refractivity contribution in [3.8, 4) is 0 Å². The van der Waals surface area contributed by atoms with Crippen molar-refractivity contribution in [1.29, 1.82) is 0 Å². The van der Waals surface area contributed by atoms with Crippen molar-refractivity contribution in [2.75, 3.05) is 31.1 Å². The fraction of sp³-hybridized carbons (Fsp3) is 0.455. The van der Waals surface area contributed by atoms with E-state index in [1.807, 2.05) is 13.0 Å². The van der Waals surface area contributed by atoms with E-state index in [0.717, 1.165) is 37.6 Å². The lowest BCUT2D eigenvalue weighted by atomic mass is 10.1. The average molecular weight is 221 g/mol. The monoisotopic (exact) mass is 221 g/mol. The van der Waals surface area contributed by atoms with E-state index in [-0.39, 0.29) is 5.56 Å². The van der Waals surface area contributed by atoms with E-state index in [4.69, 9.17) is 5.11 Å². The van der Waals surface area contributed by atoms with E-state index >= 15 is 0 Å². The van der Waals surface area contributed by atoms with Crippen LogP contribution in [-0.4, -0.2) is 42.2 Å². The van der Waals surface area contributed by atoms with Crippen LogP contribution in [0.4, 0.5) is 5.69 Å². The van der Waals surface area contributed by atoms with Crippen LogP contribution in [0.5, 0.6) is 0 Å². The van der Waals surface area contributed by atoms with Gasteiger partial charge in [-0.15, -0.1) is 0 Å². The molecule has 0 spiro atoms. The number of carbonyl (C=O) groups is 1. The molecule has 0 aromatic carbocycles. The van der Waals surface area contributed by atoms with Crippen LogP contribution < -0.4 is 10.2 Å². The maximum absolute atomic E-state index is 11.1. The molecule has 1 aliphatic rings. The lowest BCUT2D eigenvalue weighted by Crippen LogP contribution is -2.44. The number of anilines is 1. The summed E-state index contributed by atoms with van der Waals surface area (Å²) in [7, 11) is 0. The van der Waals surface area contributed by atoms with E-state index in [1.165, 1.54) is 6.20 Å². The summed E-state index contributed by atoms with van der Waals surface area (Å²) in [5.41, 5.74) is 1.91. The molecule has 0 aliphatic carbocycles. The molecule has 1 saturated heterocycles. The molecule has 0 radical (unpaired) electrons. The third-order valence-electron chi connectivity index (χ3n) is 2.71. The molecule has 1 aliphatic heterocycles. The zero-order valence-corrected chi connectivity index (χ0v) is 9.23. The maximum atomic E-state index is 11.1. The Morgan fingerprint density at radius 1 is 1.50 bits per heavy atom. The number of piperazine rings is 1. The zero-order chi connectivity index (χ0) is 11.5. The number of carboxylic acid groups (broad SMARTS) is 1. The van der Waals surface area contributed by atoms with Gasteiger partial charge < -0.3 is 15.3 Å². The van der Waals surface area contributed by atoms with Crippen LogP contribution in [0.3, 0.4) is 0 Å². The molecule has 5 heteroatoms. The van der Waals surface area contributed by atoms with Gasteiger partial charge in [-0.2, -0.15) is 0 Å². The van der Waals surface area contributed by atoms with Crippen LogP contribution in [0.25, 0.3) is 0 Å². The van der Waals surface area contributed by atoms with Crippen molar-refractivity contribution in [2.24, 2.45) is 0 Å². The van der Waals surface area contributed by atoms with Gasteiger partial charge in [-0.05, 0) is 13.0 Å². The van der Waals surface area contributed by atoms with E-state index < -0.39 is 5.97 Å². The number of aromatic nitrogens is 1. The molecule has 5 nitrogen and oxygen atoms in total. The third kappa shape index (κ3) is 2.14. The number of carboxylic acids is 1. The van der Waals surface area contributed by atoms with Crippen LogP contribution >= 0.6 is 0 Å². The van der Waals surface area contributed by atoms with Crippen molar-refractivity contribution in [2.45, 2.75) is 6.92 Å². The first kappa shape index (κ1) is 10.9. The Morgan fingerprint density at radius 2 is 2.19 bits per heavy atom. The third-order valence-corrected chi connectivity index (χ3v) is 2.71. The summed E-state index contributed by atoms with van der Waals surface area (Å²) in [4.78, 5) is 17.2. The van der Waals surface area contributed by atoms with Gasteiger partial charge in [-0.25, -0.2) is 4.79 Å². The summed E-state index contributed by atoms with van der Waals surface area (Å²) in [6, 6.07) is 1.84. The smallest absolute Gasteiger partial charge is 0.339 e. The molecule has 2 heterocycles. The summed E-state index contributed by atoms with van der Waals surface area (Å²) in [6.45, 7) is 5.33. The Kier molecular flexibility index (Phi) is 3.05. The molecule has 0 unspecified atom stereocenters. The fourth-order valence-electron chi connectivity index (χ4n) is 1.88. The number of nitrogens with zero attached hydrogens (tertiary/aromatic N) is 2. The second kappa shape index (κ2) is 4.49. The van der Waals surface area contributed by atoms with E-state index in [9.17, 15) is 4.79 Å². The predicted molar refractivity (Wildman–Crippen MR) is 61.0 cm³/mol. The van der Waals surface area contributed by atoms with Crippen molar-refractivity contribution < 1.29 is 9.90 Å². The summed E-state index contributed by atoms with van der Waals surface area (Å²) in [5, 5.41) is 12.3. The predicted octanol–water partition coefficient (Wildman–Crippen LogP) is 0.498. The quantitative estimate of drug-likeness (QED) is 0.761. The Bertz CT molecular complexity index is 400. The molecule has 1 aromatic rings. The van der Waals surface area contributed by atoms with Gasteiger partial charge in [0.1, 0.15) is 5.56 Å². The molecular formula is C11H15N3O2. The van der Waals surface area contributed by atoms with Crippen molar-refractivity contribution >= 4 is 11.7 Å². The minimum Gasteiger partial charge on any atom is -0.478 e. The van der Waals surface area contributed by atoms with Gasteiger partial charge in [0.2, 0.25) is 0 Å². The Morgan fingerprint density at radius 3 is 2.81 bits per heavy atom. The largest absolute Gasteiger partial charge is 0.478 e. The van der Waals surface area contributed by atoms with Crippen LogP contribution in [0.15, 0.2) is 12.3 Å². The molecule has 0 saturated carbocycles. The first-order chi connectivity index (χ1) is 7.68. The number of hydrogen-bond donors (Lipinski definition) is 2. The molecule has 0 bridgehead atoms. The van der Waals surface area contributed by atoms with Crippen LogP contribution in [-0.2, 0) is 0 Å². The second-order valence-electron chi connectivity index (χ2n) is 3.89. The van der Waals surface area contributed by atoms with Gasteiger partial charge in [0.05, 0.1) is 5.69 Å². The fourth-order valence-corrected chi connectivity index (χ4v) is 1.88. The summed E-state index contributed by atoms with van der Waals surface area (Å²) >= 11 is 0. The van der Waals surface area contributed by atoms with Gasteiger partial charge >= 0.3 is 5.97 Å². The van der Waals surface area contributed by atoms with Crippen LogP contribution in [0, 0.1) is 6.92 Å². The van der Waals surface area contributed by atoms with Gasteiger partial charge in [0.25, 0.3) is 0 Å². The minimum atomic E-state index is -0.916. The maximum Gasteiger partial charge on any atom is 0.339 e. The molecule has 1 aromatic heterocycles. The van der Waals surface area contributed by atoms with E-state index in [1.54, 1.807) is 0 Å². The first-order valence-electron chi connectivity index (χ1n) is 5.34. The van der Waals surface area contributed by atoms with Crippen LogP contribution in [0.1, 0.15) is 16.1 Å². The normalized spacial score (nSPS) is 16.2. The molecule has 16 heavy (non-hydrogen) atoms. The standard InChI is InChI=1S/C11H15N3O2/c1-8-6-10(9(7-13-8)11(15)16)14-4-2-12-3-5-14/h6-7,12H,2-5H2,1H3,(H,15,16). The highest BCUT2D eigenvalue weighted by atomic mass is 16.4. The Balaban J connectivity index is 2.36. The molecule has 0 atom stereocenters. The molecule has 0 amide bonds.